The van der Waals surface area contributed by atoms with Crippen LogP contribution in [0, 0.1) is 6.92 Å². The molecule has 1 rings (SSSR count). The Morgan fingerprint density at radius 3 is 2.43 bits per heavy atom. The summed E-state index contributed by atoms with van der Waals surface area (Å²) in [6.45, 7) is 11.7. The number of rotatable bonds is 7. The van der Waals surface area contributed by atoms with E-state index in [1.807, 2.05) is 19.1 Å². The standard InChI is InChI=1S/C17H22N2O2/c1-5-10-19(11-6-2)17(21)14(4)18-16(20)15-9-7-8-13(3)12-15/h5-9,12,14H,1-2,10-11H2,3-4H3,(H,18,20). The average molecular weight is 286 g/mol. The first-order valence-corrected chi connectivity index (χ1v) is 6.87. The van der Waals surface area contributed by atoms with Gasteiger partial charge in [0.15, 0.2) is 0 Å². The van der Waals surface area contributed by atoms with Crippen molar-refractivity contribution in [3.8, 4) is 0 Å². The quantitative estimate of drug-likeness (QED) is 0.782. The molecule has 0 spiro atoms. The summed E-state index contributed by atoms with van der Waals surface area (Å²) in [5, 5.41) is 2.72. The Morgan fingerprint density at radius 1 is 1.29 bits per heavy atom. The molecule has 0 aromatic heterocycles. The van der Waals surface area contributed by atoms with E-state index in [0.717, 1.165) is 5.56 Å². The first-order valence-electron chi connectivity index (χ1n) is 6.87. The minimum Gasteiger partial charge on any atom is -0.341 e. The zero-order valence-electron chi connectivity index (χ0n) is 12.6. The van der Waals surface area contributed by atoms with Gasteiger partial charge >= 0.3 is 0 Å². The normalized spacial score (nSPS) is 11.3. The summed E-state index contributed by atoms with van der Waals surface area (Å²) in [6.07, 6.45) is 3.30. The van der Waals surface area contributed by atoms with E-state index in [-0.39, 0.29) is 11.8 Å². The van der Waals surface area contributed by atoms with E-state index in [1.165, 1.54) is 0 Å². The van der Waals surface area contributed by atoms with E-state index in [1.54, 1.807) is 36.1 Å². The van der Waals surface area contributed by atoms with Gasteiger partial charge in [0.2, 0.25) is 5.91 Å². The molecule has 1 N–H and O–H groups in total. The van der Waals surface area contributed by atoms with Gasteiger partial charge in [-0.1, -0.05) is 29.8 Å². The van der Waals surface area contributed by atoms with E-state index in [4.69, 9.17) is 0 Å². The molecular formula is C17H22N2O2. The minimum atomic E-state index is -0.599. The third-order valence-electron chi connectivity index (χ3n) is 3.01. The van der Waals surface area contributed by atoms with Crippen molar-refractivity contribution in [2.24, 2.45) is 0 Å². The number of hydrogen-bond acceptors (Lipinski definition) is 2. The van der Waals surface area contributed by atoms with E-state index >= 15 is 0 Å². The smallest absolute Gasteiger partial charge is 0.251 e. The first kappa shape index (κ1) is 16.7. The largest absolute Gasteiger partial charge is 0.341 e. The molecule has 0 aliphatic heterocycles. The molecule has 0 fully saturated rings. The van der Waals surface area contributed by atoms with Crippen molar-refractivity contribution >= 4 is 11.8 Å². The lowest BCUT2D eigenvalue weighted by Gasteiger charge is -2.23. The van der Waals surface area contributed by atoms with Crippen LogP contribution in [0.25, 0.3) is 0 Å². The molecule has 21 heavy (non-hydrogen) atoms. The Balaban J connectivity index is 2.72. The van der Waals surface area contributed by atoms with Gasteiger partial charge in [0, 0.05) is 18.7 Å². The fraction of sp³-hybridized carbons (Fsp3) is 0.294. The third kappa shape index (κ3) is 4.91. The van der Waals surface area contributed by atoms with Crippen molar-refractivity contribution in [3.63, 3.8) is 0 Å². The van der Waals surface area contributed by atoms with Crippen LogP contribution in [-0.2, 0) is 4.79 Å². The van der Waals surface area contributed by atoms with Crippen LogP contribution in [0.4, 0.5) is 0 Å². The molecule has 2 amide bonds. The number of nitrogens with one attached hydrogen (secondary N) is 1. The van der Waals surface area contributed by atoms with Gasteiger partial charge in [-0.15, -0.1) is 13.2 Å². The molecule has 4 heteroatoms. The Morgan fingerprint density at radius 2 is 1.90 bits per heavy atom. The molecule has 1 atom stereocenters. The van der Waals surface area contributed by atoms with Crippen molar-refractivity contribution in [2.75, 3.05) is 13.1 Å². The molecule has 1 aromatic rings. The van der Waals surface area contributed by atoms with Crippen molar-refractivity contribution < 1.29 is 9.59 Å². The molecule has 0 heterocycles. The Bertz CT molecular complexity index is 527. The average Bonchev–Trinajstić information content (AvgIpc) is 2.46. The molecule has 0 aliphatic carbocycles. The van der Waals surface area contributed by atoms with E-state index in [0.29, 0.717) is 18.7 Å². The second-order valence-corrected chi connectivity index (χ2v) is 4.89. The highest BCUT2D eigenvalue weighted by molar-refractivity contribution is 5.97. The van der Waals surface area contributed by atoms with Gasteiger partial charge in [-0.05, 0) is 26.0 Å². The molecule has 0 saturated heterocycles. The summed E-state index contributed by atoms with van der Waals surface area (Å²) >= 11 is 0. The lowest BCUT2D eigenvalue weighted by molar-refractivity contribution is -0.131. The van der Waals surface area contributed by atoms with Crippen LogP contribution < -0.4 is 5.32 Å². The predicted molar refractivity (Wildman–Crippen MR) is 85.1 cm³/mol. The zero-order valence-corrected chi connectivity index (χ0v) is 12.6. The van der Waals surface area contributed by atoms with Crippen molar-refractivity contribution in [2.45, 2.75) is 19.9 Å². The van der Waals surface area contributed by atoms with Gasteiger partial charge in [0.25, 0.3) is 5.91 Å². The highest BCUT2D eigenvalue weighted by Gasteiger charge is 2.21. The van der Waals surface area contributed by atoms with Gasteiger partial charge in [-0.2, -0.15) is 0 Å². The SMILES string of the molecule is C=CCN(CC=C)C(=O)C(C)NC(=O)c1cccc(C)c1. The van der Waals surface area contributed by atoms with Gasteiger partial charge < -0.3 is 10.2 Å². The van der Waals surface area contributed by atoms with Crippen LogP contribution in [0.1, 0.15) is 22.8 Å². The molecular weight excluding hydrogens is 264 g/mol. The summed E-state index contributed by atoms with van der Waals surface area (Å²) in [5.74, 6) is -0.410. The fourth-order valence-electron chi connectivity index (χ4n) is 1.97. The predicted octanol–water partition coefficient (Wildman–Crippen LogP) is 2.31. The van der Waals surface area contributed by atoms with Gasteiger partial charge in [-0.3, -0.25) is 9.59 Å². The van der Waals surface area contributed by atoms with Gasteiger partial charge in [0.05, 0.1) is 0 Å². The molecule has 1 unspecified atom stereocenters. The second kappa shape index (κ2) is 8.04. The van der Waals surface area contributed by atoms with Crippen molar-refractivity contribution in [1.82, 2.24) is 10.2 Å². The number of amides is 2. The van der Waals surface area contributed by atoms with Crippen molar-refractivity contribution in [3.05, 3.63) is 60.7 Å². The van der Waals surface area contributed by atoms with Crippen molar-refractivity contribution in [1.29, 1.82) is 0 Å². The Kier molecular flexibility index (Phi) is 6.40. The number of carbonyl (C=O) groups excluding carboxylic acids is 2. The molecule has 1 aromatic carbocycles. The summed E-state index contributed by atoms with van der Waals surface area (Å²) in [4.78, 5) is 26.0. The van der Waals surface area contributed by atoms with Crippen LogP contribution >= 0.6 is 0 Å². The van der Waals surface area contributed by atoms with Crippen LogP contribution in [-0.4, -0.2) is 35.8 Å². The monoisotopic (exact) mass is 286 g/mol. The molecule has 112 valence electrons. The topological polar surface area (TPSA) is 49.4 Å². The van der Waals surface area contributed by atoms with Crippen LogP contribution in [0.3, 0.4) is 0 Å². The molecule has 0 saturated carbocycles. The lowest BCUT2D eigenvalue weighted by Crippen LogP contribution is -2.47. The van der Waals surface area contributed by atoms with Gasteiger partial charge in [0.1, 0.15) is 6.04 Å². The van der Waals surface area contributed by atoms with Gasteiger partial charge in [-0.25, -0.2) is 0 Å². The summed E-state index contributed by atoms with van der Waals surface area (Å²) in [6, 6.07) is 6.65. The van der Waals surface area contributed by atoms with E-state index in [9.17, 15) is 9.59 Å². The Hall–Kier alpha value is -2.36. The second-order valence-electron chi connectivity index (χ2n) is 4.89. The maximum atomic E-state index is 12.3. The zero-order chi connectivity index (χ0) is 15.8. The van der Waals surface area contributed by atoms with Crippen LogP contribution in [0.15, 0.2) is 49.6 Å². The summed E-state index contributed by atoms with van der Waals surface area (Å²) in [5.41, 5.74) is 1.55. The number of aryl methyl sites for hydroxylation is 1. The molecule has 0 radical (unpaired) electrons. The highest BCUT2D eigenvalue weighted by Crippen LogP contribution is 2.05. The van der Waals surface area contributed by atoms with Crippen LogP contribution in [0.2, 0.25) is 0 Å². The molecule has 0 bridgehead atoms. The summed E-state index contributed by atoms with van der Waals surface area (Å²) < 4.78 is 0. The minimum absolute atomic E-state index is 0.157. The Labute approximate surface area is 126 Å². The fourth-order valence-corrected chi connectivity index (χ4v) is 1.97. The van der Waals surface area contributed by atoms with E-state index < -0.39 is 6.04 Å². The molecule has 0 aliphatic rings. The number of hydrogen-bond donors (Lipinski definition) is 1. The summed E-state index contributed by atoms with van der Waals surface area (Å²) in [7, 11) is 0. The van der Waals surface area contributed by atoms with E-state index in [2.05, 4.69) is 18.5 Å². The first-order chi connectivity index (χ1) is 9.99. The third-order valence-corrected chi connectivity index (χ3v) is 3.01. The lowest BCUT2D eigenvalue weighted by atomic mass is 10.1. The highest BCUT2D eigenvalue weighted by atomic mass is 16.2. The number of nitrogens with zero attached hydrogens (tertiary/aromatic N) is 1. The number of benzene rings is 1. The molecule has 4 nitrogen and oxygen atoms in total. The maximum absolute atomic E-state index is 12.3. The maximum Gasteiger partial charge on any atom is 0.251 e. The van der Waals surface area contributed by atoms with Crippen LogP contribution in [0.5, 0.6) is 0 Å². The number of carbonyl (C=O) groups is 2.